The molecule has 2 aromatic carbocycles. The second-order valence-electron chi connectivity index (χ2n) is 5.09. The highest BCUT2D eigenvalue weighted by Crippen LogP contribution is 2.20. The summed E-state index contributed by atoms with van der Waals surface area (Å²) < 4.78 is 26.9. The van der Waals surface area contributed by atoms with Gasteiger partial charge in [0.1, 0.15) is 0 Å². The van der Waals surface area contributed by atoms with E-state index in [4.69, 9.17) is 0 Å². The van der Waals surface area contributed by atoms with Gasteiger partial charge in [-0.15, -0.1) is 0 Å². The Balaban J connectivity index is 2.11. The van der Waals surface area contributed by atoms with Gasteiger partial charge in [-0.3, -0.25) is 0 Å². The number of rotatable bonds is 6. The van der Waals surface area contributed by atoms with Crippen LogP contribution in [-0.4, -0.2) is 40.5 Å². The lowest BCUT2D eigenvalue weighted by Crippen LogP contribution is -2.31. The standard InChI is InChI=1S/C16H20N2O2S/c1-18(2)13-12-17-21(19,20)16-10-8-15(9-11-16)14-6-4-3-5-7-14/h3-11,17H,12-13H2,1-2H3. The first kappa shape index (κ1) is 15.7. The summed E-state index contributed by atoms with van der Waals surface area (Å²) in [5.74, 6) is 0. The zero-order chi connectivity index (χ0) is 15.3. The normalized spacial score (nSPS) is 11.8. The number of benzene rings is 2. The van der Waals surface area contributed by atoms with Crippen LogP contribution in [0.25, 0.3) is 11.1 Å². The average molecular weight is 304 g/mol. The van der Waals surface area contributed by atoms with Crippen molar-refractivity contribution in [3.63, 3.8) is 0 Å². The van der Waals surface area contributed by atoms with Crippen molar-refractivity contribution in [1.29, 1.82) is 0 Å². The molecule has 0 aliphatic heterocycles. The van der Waals surface area contributed by atoms with E-state index < -0.39 is 10.0 Å². The zero-order valence-corrected chi connectivity index (χ0v) is 13.1. The second-order valence-corrected chi connectivity index (χ2v) is 6.86. The molecule has 2 rings (SSSR count). The number of hydrogen-bond donors (Lipinski definition) is 1. The summed E-state index contributed by atoms with van der Waals surface area (Å²) in [5.41, 5.74) is 2.07. The monoisotopic (exact) mass is 304 g/mol. The van der Waals surface area contributed by atoms with E-state index in [0.29, 0.717) is 18.0 Å². The molecule has 0 radical (unpaired) electrons. The lowest BCUT2D eigenvalue weighted by molar-refractivity contribution is 0.412. The molecule has 0 unspecified atom stereocenters. The fraction of sp³-hybridized carbons (Fsp3) is 0.250. The Hall–Kier alpha value is -1.69. The fourth-order valence-electron chi connectivity index (χ4n) is 1.94. The molecule has 0 aliphatic rings. The van der Waals surface area contributed by atoms with Crippen molar-refractivity contribution in [1.82, 2.24) is 9.62 Å². The largest absolute Gasteiger partial charge is 0.308 e. The van der Waals surface area contributed by atoms with Crippen LogP contribution in [0.4, 0.5) is 0 Å². The maximum Gasteiger partial charge on any atom is 0.240 e. The molecule has 0 fully saturated rings. The van der Waals surface area contributed by atoms with E-state index >= 15 is 0 Å². The molecule has 0 saturated carbocycles. The van der Waals surface area contributed by atoms with Crippen molar-refractivity contribution < 1.29 is 8.42 Å². The Bertz CT molecular complexity index is 665. The molecule has 2 aromatic rings. The molecule has 0 saturated heterocycles. The minimum absolute atomic E-state index is 0.293. The molecule has 1 N–H and O–H groups in total. The molecule has 0 heterocycles. The first-order chi connectivity index (χ1) is 9.99. The molecule has 0 aromatic heterocycles. The van der Waals surface area contributed by atoms with Crippen LogP contribution in [0.1, 0.15) is 0 Å². The fourth-order valence-corrected chi connectivity index (χ4v) is 2.97. The minimum Gasteiger partial charge on any atom is -0.308 e. The van der Waals surface area contributed by atoms with Gasteiger partial charge in [-0.05, 0) is 37.4 Å². The molecular weight excluding hydrogens is 284 g/mol. The minimum atomic E-state index is -3.43. The summed E-state index contributed by atoms with van der Waals surface area (Å²) in [4.78, 5) is 2.22. The van der Waals surface area contributed by atoms with Gasteiger partial charge >= 0.3 is 0 Å². The van der Waals surface area contributed by atoms with Gasteiger partial charge in [-0.25, -0.2) is 13.1 Å². The Labute approximate surface area is 126 Å². The Morgan fingerprint density at radius 3 is 2.05 bits per heavy atom. The third kappa shape index (κ3) is 4.39. The van der Waals surface area contributed by atoms with Crippen LogP contribution in [0.3, 0.4) is 0 Å². The van der Waals surface area contributed by atoms with Gasteiger partial charge in [0.25, 0.3) is 0 Å². The highest BCUT2D eigenvalue weighted by Gasteiger charge is 2.13. The predicted molar refractivity (Wildman–Crippen MR) is 85.6 cm³/mol. The van der Waals surface area contributed by atoms with Gasteiger partial charge in [0.2, 0.25) is 10.0 Å². The van der Waals surface area contributed by atoms with Crippen molar-refractivity contribution in [2.24, 2.45) is 0 Å². The van der Waals surface area contributed by atoms with Crippen molar-refractivity contribution in [2.45, 2.75) is 4.90 Å². The summed E-state index contributed by atoms with van der Waals surface area (Å²) in [6, 6.07) is 16.8. The molecule has 112 valence electrons. The van der Waals surface area contributed by atoms with E-state index in [2.05, 4.69) is 4.72 Å². The molecule has 0 aliphatic carbocycles. The predicted octanol–water partition coefficient (Wildman–Crippen LogP) is 2.19. The van der Waals surface area contributed by atoms with E-state index in [1.165, 1.54) is 0 Å². The van der Waals surface area contributed by atoms with Crippen LogP contribution in [-0.2, 0) is 10.0 Å². The lowest BCUT2D eigenvalue weighted by Gasteiger charge is -2.11. The third-order valence-electron chi connectivity index (χ3n) is 3.12. The summed E-state index contributed by atoms with van der Waals surface area (Å²) in [6.07, 6.45) is 0. The van der Waals surface area contributed by atoms with Crippen LogP contribution in [0.15, 0.2) is 59.5 Å². The number of hydrogen-bond acceptors (Lipinski definition) is 3. The number of likely N-dealkylation sites (N-methyl/N-ethyl adjacent to an activating group) is 1. The first-order valence-corrected chi connectivity index (χ1v) is 8.27. The molecule has 5 heteroatoms. The molecule has 0 bridgehead atoms. The lowest BCUT2D eigenvalue weighted by atomic mass is 10.1. The number of nitrogens with zero attached hydrogens (tertiary/aromatic N) is 1. The Morgan fingerprint density at radius 2 is 1.48 bits per heavy atom. The van der Waals surface area contributed by atoms with E-state index in [-0.39, 0.29) is 0 Å². The van der Waals surface area contributed by atoms with Crippen molar-refractivity contribution >= 4 is 10.0 Å². The summed E-state index contributed by atoms with van der Waals surface area (Å²) in [7, 11) is 0.380. The topological polar surface area (TPSA) is 49.4 Å². The van der Waals surface area contributed by atoms with Gasteiger partial charge < -0.3 is 4.90 Å². The second kappa shape index (κ2) is 6.85. The highest BCUT2D eigenvalue weighted by atomic mass is 32.2. The van der Waals surface area contributed by atoms with E-state index in [1.807, 2.05) is 61.5 Å². The molecule has 21 heavy (non-hydrogen) atoms. The zero-order valence-electron chi connectivity index (χ0n) is 12.3. The first-order valence-electron chi connectivity index (χ1n) is 6.79. The maximum atomic E-state index is 12.1. The van der Waals surface area contributed by atoms with Gasteiger partial charge in [0.05, 0.1) is 4.90 Å². The van der Waals surface area contributed by atoms with Crippen molar-refractivity contribution in [3.8, 4) is 11.1 Å². The van der Waals surface area contributed by atoms with Gasteiger partial charge in [-0.1, -0.05) is 42.5 Å². The maximum absolute atomic E-state index is 12.1. The van der Waals surface area contributed by atoms with E-state index in [1.54, 1.807) is 12.1 Å². The van der Waals surface area contributed by atoms with Crippen molar-refractivity contribution in [2.75, 3.05) is 27.2 Å². The van der Waals surface area contributed by atoms with Crippen molar-refractivity contribution in [3.05, 3.63) is 54.6 Å². The quantitative estimate of drug-likeness (QED) is 0.890. The third-order valence-corrected chi connectivity index (χ3v) is 4.60. The molecule has 4 nitrogen and oxygen atoms in total. The van der Waals surface area contributed by atoms with Crippen LogP contribution in [0, 0.1) is 0 Å². The van der Waals surface area contributed by atoms with Crippen LogP contribution < -0.4 is 4.72 Å². The number of nitrogens with one attached hydrogen (secondary N) is 1. The molecular formula is C16H20N2O2S. The van der Waals surface area contributed by atoms with Gasteiger partial charge in [0, 0.05) is 13.1 Å². The summed E-state index contributed by atoms with van der Waals surface area (Å²) in [6.45, 7) is 1.07. The molecule has 0 spiro atoms. The van der Waals surface area contributed by atoms with Crippen LogP contribution >= 0.6 is 0 Å². The van der Waals surface area contributed by atoms with E-state index in [0.717, 1.165) is 11.1 Å². The average Bonchev–Trinajstić information content (AvgIpc) is 2.48. The van der Waals surface area contributed by atoms with Crippen LogP contribution in [0.5, 0.6) is 0 Å². The van der Waals surface area contributed by atoms with E-state index in [9.17, 15) is 8.42 Å². The Kier molecular flexibility index (Phi) is 5.12. The SMILES string of the molecule is CN(C)CCNS(=O)(=O)c1ccc(-c2ccccc2)cc1. The van der Waals surface area contributed by atoms with Gasteiger partial charge in [0.15, 0.2) is 0 Å². The summed E-state index contributed by atoms with van der Waals surface area (Å²) in [5, 5.41) is 0. The smallest absolute Gasteiger partial charge is 0.240 e. The van der Waals surface area contributed by atoms with Crippen LogP contribution in [0.2, 0.25) is 0 Å². The van der Waals surface area contributed by atoms with Gasteiger partial charge in [-0.2, -0.15) is 0 Å². The molecule has 0 atom stereocenters. The highest BCUT2D eigenvalue weighted by molar-refractivity contribution is 7.89. The summed E-state index contributed by atoms with van der Waals surface area (Å²) >= 11 is 0. The Morgan fingerprint density at radius 1 is 0.905 bits per heavy atom. The number of sulfonamides is 1. The molecule has 0 amide bonds.